The summed E-state index contributed by atoms with van der Waals surface area (Å²) in [6.45, 7) is 0. The van der Waals surface area contributed by atoms with Crippen molar-refractivity contribution in [2.24, 2.45) is 5.14 Å². The quantitative estimate of drug-likeness (QED) is 0.646. The van der Waals surface area contributed by atoms with E-state index < -0.39 is 35.7 Å². The molecule has 0 aliphatic rings. The third-order valence-corrected chi connectivity index (χ3v) is 6.25. The van der Waals surface area contributed by atoms with E-state index in [4.69, 9.17) is 5.14 Å². The van der Waals surface area contributed by atoms with Crippen LogP contribution >= 0.6 is 0 Å². The lowest BCUT2D eigenvalue weighted by Crippen LogP contribution is -2.32. The highest BCUT2D eigenvalue weighted by Crippen LogP contribution is 2.20. The Kier molecular flexibility index (Phi) is 5.27. The number of hydrogen-bond donors (Lipinski definition) is 2. The van der Waals surface area contributed by atoms with Crippen LogP contribution in [0.5, 0.6) is 0 Å². The Labute approximate surface area is 162 Å². The first-order valence-corrected chi connectivity index (χ1v) is 10.9. The molecule has 10 heteroatoms. The average Bonchev–Trinajstić information content (AvgIpc) is 2.68. The van der Waals surface area contributed by atoms with Gasteiger partial charge in [0.05, 0.1) is 11.3 Å². The molecule has 0 unspecified atom stereocenters. The smallest absolute Gasteiger partial charge is 0.266 e. The molecule has 3 N–H and O–H groups in total. The number of nitrogens with zero attached hydrogens (tertiary/aromatic N) is 1. The van der Waals surface area contributed by atoms with E-state index >= 15 is 0 Å². The number of primary sulfonamides is 1. The summed E-state index contributed by atoms with van der Waals surface area (Å²) in [6, 6.07) is 17.0. The summed E-state index contributed by atoms with van der Waals surface area (Å²) in [5, 5.41) is 5.05. The fraction of sp³-hybridized carbons (Fsp3) is 0. The molecular weight excluding hydrogens is 402 g/mol. The van der Waals surface area contributed by atoms with Crippen LogP contribution in [0.1, 0.15) is 10.4 Å². The predicted octanol–water partition coefficient (Wildman–Crippen LogP) is 1.51. The summed E-state index contributed by atoms with van der Waals surface area (Å²) in [5.74, 6) is -0.948. The van der Waals surface area contributed by atoms with Gasteiger partial charge in [-0.3, -0.25) is 9.78 Å². The highest BCUT2D eigenvalue weighted by Gasteiger charge is 2.26. The summed E-state index contributed by atoms with van der Waals surface area (Å²) in [7, 11) is -8.77. The van der Waals surface area contributed by atoms with Gasteiger partial charge in [0, 0.05) is 11.8 Å². The minimum absolute atomic E-state index is 0.00339. The Morgan fingerprint density at radius 2 is 1.43 bits per heavy atom. The average molecular weight is 417 g/mol. The molecule has 0 fully saturated rings. The predicted molar refractivity (Wildman–Crippen MR) is 102 cm³/mol. The number of aromatic nitrogens is 1. The molecule has 28 heavy (non-hydrogen) atoms. The van der Waals surface area contributed by atoms with Gasteiger partial charge >= 0.3 is 0 Å². The Bertz CT molecular complexity index is 1220. The van der Waals surface area contributed by atoms with Crippen LogP contribution in [0.4, 0.5) is 0 Å². The molecule has 3 aromatic rings. The molecular formula is C18H15N3O5S2. The number of carbonyl (C=O) groups is 1. The van der Waals surface area contributed by atoms with Gasteiger partial charge in [-0.15, -0.1) is 0 Å². The normalized spacial score (nSPS) is 11.8. The molecule has 0 spiro atoms. The lowest BCUT2D eigenvalue weighted by molar-refractivity contribution is 0.0981. The van der Waals surface area contributed by atoms with Gasteiger partial charge in [0.25, 0.3) is 15.9 Å². The largest absolute Gasteiger partial charge is 0.268 e. The van der Waals surface area contributed by atoms with Gasteiger partial charge in [0.1, 0.15) is 9.79 Å². The van der Waals surface area contributed by atoms with Gasteiger partial charge in [-0.1, -0.05) is 42.5 Å². The highest BCUT2D eigenvalue weighted by molar-refractivity contribution is 7.92. The van der Waals surface area contributed by atoms with E-state index in [2.05, 4.69) is 4.98 Å². The first-order chi connectivity index (χ1) is 13.2. The van der Waals surface area contributed by atoms with Crippen molar-refractivity contribution in [2.45, 2.75) is 9.79 Å². The maximum Gasteiger partial charge on any atom is 0.266 e. The van der Waals surface area contributed by atoms with E-state index in [1.807, 2.05) is 35.1 Å². The fourth-order valence-electron chi connectivity index (χ4n) is 2.45. The second-order valence-electron chi connectivity index (χ2n) is 5.72. The third-order valence-electron chi connectivity index (χ3n) is 3.77. The Hall–Kier alpha value is -3.08. The zero-order valence-corrected chi connectivity index (χ0v) is 15.9. The lowest BCUT2D eigenvalue weighted by atomic mass is 10.1. The van der Waals surface area contributed by atoms with E-state index in [-0.39, 0.29) is 5.56 Å². The maximum atomic E-state index is 12.5. The van der Waals surface area contributed by atoms with Crippen molar-refractivity contribution in [3.05, 3.63) is 78.5 Å². The fourth-order valence-corrected chi connectivity index (χ4v) is 4.81. The van der Waals surface area contributed by atoms with Gasteiger partial charge in [0.2, 0.25) is 10.0 Å². The summed E-state index contributed by atoms with van der Waals surface area (Å²) in [5.41, 5.74) is 1.44. The monoisotopic (exact) mass is 417 g/mol. The van der Waals surface area contributed by atoms with Gasteiger partial charge < -0.3 is 0 Å². The van der Waals surface area contributed by atoms with Crippen molar-refractivity contribution in [1.82, 2.24) is 9.71 Å². The molecule has 0 radical (unpaired) electrons. The zero-order valence-electron chi connectivity index (χ0n) is 14.3. The lowest BCUT2D eigenvalue weighted by Gasteiger charge is -2.10. The van der Waals surface area contributed by atoms with Crippen LogP contribution in [0, 0.1) is 0 Å². The van der Waals surface area contributed by atoms with E-state index in [9.17, 15) is 21.6 Å². The Morgan fingerprint density at radius 3 is 2.00 bits per heavy atom. The number of amides is 1. The number of sulfonamides is 2. The van der Waals surface area contributed by atoms with Crippen molar-refractivity contribution in [3.63, 3.8) is 0 Å². The van der Waals surface area contributed by atoms with Crippen LogP contribution in [-0.2, 0) is 20.0 Å². The molecule has 0 bridgehead atoms. The number of rotatable bonds is 5. The van der Waals surface area contributed by atoms with Crippen LogP contribution in [0.15, 0.2) is 82.7 Å². The molecule has 144 valence electrons. The second kappa shape index (κ2) is 7.50. The summed E-state index contributed by atoms with van der Waals surface area (Å²) >= 11 is 0. The summed E-state index contributed by atoms with van der Waals surface area (Å²) < 4.78 is 50.1. The Balaban J connectivity index is 1.87. The molecule has 0 aliphatic heterocycles. The van der Waals surface area contributed by atoms with Gasteiger partial charge in [-0.05, 0) is 24.3 Å². The summed E-state index contributed by atoms with van der Waals surface area (Å²) in [4.78, 5) is 15.3. The minimum Gasteiger partial charge on any atom is -0.268 e. The van der Waals surface area contributed by atoms with Crippen molar-refractivity contribution in [3.8, 4) is 11.3 Å². The molecule has 0 saturated carbocycles. The van der Waals surface area contributed by atoms with Crippen LogP contribution in [0.2, 0.25) is 0 Å². The number of hydrogen-bond acceptors (Lipinski definition) is 6. The van der Waals surface area contributed by atoms with Crippen LogP contribution < -0.4 is 9.86 Å². The number of pyridine rings is 1. The topological polar surface area (TPSA) is 136 Å². The van der Waals surface area contributed by atoms with Gasteiger partial charge in [-0.2, -0.15) is 0 Å². The van der Waals surface area contributed by atoms with Crippen LogP contribution in [0.25, 0.3) is 11.3 Å². The number of carbonyl (C=O) groups excluding carboxylic acids is 1. The molecule has 3 rings (SSSR count). The molecule has 1 amide bonds. The molecule has 2 aromatic carbocycles. The number of nitrogens with one attached hydrogen (secondary N) is 1. The molecule has 1 aromatic heterocycles. The Morgan fingerprint density at radius 1 is 0.821 bits per heavy atom. The molecule has 0 aliphatic carbocycles. The maximum absolute atomic E-state index is 12.5. The van der Waals surface area contributed by atoms with Crippen molar-refractivity contribution >= 4 is 26.0 Å². The van der Waals surface area contributed by atoms with Crippen molar-refractivity contribution in [2.75, 3.05) is 0 Å². The molecule has 0 saturated heterocycles. The van der Waals surface area contributed by atoms with Crippen LogP contribution in [-0.4, -0.2) is 27.7 Å². The second-order valence-corrected chi connectivity index (χ2v) is 8.91. The third kappa shape index (κ3) is 4.25. The molecule has 8 nitrogen and oxygen atoms in total. The first-order valence-electron chi connectivity index (χ1n) is 7.89. The highest BCUT2D eigenvalue weighted by atomic mass is 32.2. The van der Waals surface area contributed by atoms with E-state index in [0.717, 1.165) is 17.7 Å². The van der Waals surface area contributed by atoms with Gasteiger partial charge in [0.15, 0.2) is 0 Å². The van der Waals surface area contributed by atoms with E-state index in [0.29, 0.717) is 5.69 Å². The standard InChI is InChI=1S/C18H15N3O5S2/c19-27(23,24)16-8-4-5-9-17(16)28(25,26)21-18(22)14-10-11-15(20-12-14)13-6-2-1-3-7-13/h1-12H,(H,21,22)(H2,19,23,24). The first kappa shape index (κ1) is 19.7. The van der Waals surface area contributed by atoms with E-state index in [1.165, 1.54) is 24.4 Å². The molecule has 0 atom stereocenters. The minimum atomic E-state index is -4.47. The van der Waals surface area contributed by atoms with Crippen molar-refractivity contribution in [1.29, 1.82) is 0 Å². The van der Waals surface area contributed by atoms with Gasteiger partial charge in [-0.25, -0.2) is 26.7 Å². The number of benzene rings is 2. The SMILES string of the molecule is NS(=O)(=O)c1ccccc1S(=O)(=O)NC(=O)c1ccc(-c2ccccc2)nc1. The zero-order chi connectivity index (χ0) is 20.4. The number of nitrogens with two attached hydrogens (primary N) is 1. The van der Waals surface area contributed by atoms with Crippen molar-refractivity contribution < 1.29 is 21.6 Å². The summed E-state index contributed by atoms with van der Waals surface area (Å²) in [6.07, 6.45) is 1.23. The molecule has 1 heterocycles. The van der Waals surface area contributed by atoms with E-state index in [1.54, 1.807) is 6.07 Å². The van der Waals surface area contributed by atoms with Crippen LogP contribution in [0.3, 0.4) is 0 Å².